The Morgan fingerprint density at radius 2 is 1.90 bits per heavy atom. The molecule has 106 valence electrons. The first-order valence-electron chi connectivity index (χ1n) is 7.62. The maximum absolute atomic E-state index is 10.8. The van der Waals surface area contributed by atoms with Gasteiger partial charge in [0.15, 0.2) is 0 Å². The molecule has 2 nitrogen and oxygen atoms in total. The first-order valence-corrected chi connectivity index (χ1v) is 7.62. The van der Waals surface area contributed by atoms with Crippen molar-refractivity contribution in [1.82, 2.24) is 0 Å². The molecular weight excluding hydrogens is 248 g/mol. The van der Waals surface area contributed by atoms with Crippen LogP contribution < -0.4 is 0 Å². The van der Waals surface area contributed by atoms with Crippen molar-refractivity contribution in [2.45, 2.75) is 51.6 Å². The average Bonchev–Trinajstić information content (AvgIpc) is 2.73. The van der Waals surface area contributed by atoms with E-state index in [1.54, 1.807) is 0 Å². The van der Waals surface area contributed by atoms with Gasteiger partial charge in [0.05, 0.1) is 0 Å². The predicted molar refractivity (Wildman–Crippen MR) is 81.7 cm³/mol. The zero-order valence-electron chi connectivity index (χ0n) is 12.1. The van der Waals surface area contributed by atoms with E-state index in [0.29, 0.717) is 0 Å². The number of aryl methyl sites for hydroxylation is 1. The van der Waals surface area contributed by atoms with Gasteiger partial charge in [-0.25, -0.2) is 0 Å². The normalized spacial score (nSPS) is 21.0. The van der Waals surface area contributed by atoms with Crippen molar-refractivity contribution in [3.8, 4) is 0 Å². The Morgan fingerprint density at radius 1 is 1.10 bits per heavy atom. The highest BCUT2D eigenvalue weighted by atomic mass is 16.3. The van der Waals surface area contributed by atoms with Crippen molar-refractivity contribution in [3.63, 3.8) is 0 Å². The predicted octanol–water partition coefficient (Wildman–Crippen LogP) is 5.06. The molecule has 2 aromatic rings. The largest absolute Gasteiger partial charge is 0.461 e. The van der Waals surface area contributed by atoms with Gasteiger partial charge in [0.1, 0.15) is 17.4 Å². The SMILES string of the molecule is Cc1oc2ccccc2c1C(O)/C1=C/CCCCCC1. The summed E-state index contributed by atoms with van der Waals surface area (Å²) in [6.45, 7) is 1.95. The van der Waals surface area contributed by atoms with Crippen molar-refractivity contribution in [3.05, 3.63) is 47.2 Å². The zero-order chi connectivity index (χ0) is 13.9. The van der Waals surface area contributed by atoms with E-state index in [9.17, 15) is 5.11 Å². The molecular formula is C18H22O2. The van der Waals surface area contributed by atoms with Gasteiger partial charge in [0.25, 0.3) is 0 Å². The highest BCUT2D eigenvalue weighted by molar-refractivity contribution is 5.83. The monoisotopic (exact) mass is 270 g/mol. The Bertz CT molecular complexity index is 621. The van der Waals surface area contributed by atoms with E-state index in [1.807, 2.05) is 31.2 Å². The number of aliphatic hydroxyl groups excluding tert-OH is 1. The lowest BCUT2D eigenvalue weighted by Gasteiger charge is -2.17. The summed E-state index contributed by atoms with van der Waals surface area (Å²) in [4.78, 5) is 0. The summed E-state index contributed by atoms with van der Waals surface area (Å²) in [5, 5.41) is 11.8. The Labute approximate surface area is 120 Å². The van der Waals surface area contributed by atoms with Gasteiger partial charge in [-0.2, -0.15) is 0 Å². The van der Waals surface area contributed by atoms with E-state index in [2.05, 4.69) is 6.08 Å². The molecule has 1 aromatic carbocycles. The molecule has 1 unspecified atom stereocenters. The first-order chi connectivity index (χ1) is 9.77. The van der Waals surface area contributed by atoms with Crippen LogP contribution in [0.5, 0.6) is 0 Å². The van der Waals surface area contributed by atoms with Crippen LogP contribution in [0, 0.1) is 6.92 Å². The van der Waals surface area contributed by atoms with Gasteiger partial charge in [-0.05, 0) is 44.2 Å². The van der Waals surface area contributed by atoms with Crippen molar-refractivity contribution in [2.75, 3.05) is 0 Å². The summed E-state index contributed by atoms with van der Waals surface area (Å²) in [6.07, 6.45) is 8.81. The fraction of sp³-hybridized carbons (Fsp3) is 0.444. The molecule has 3 rings (SSSR count). The summed E-state index contributed by atoms with van der Waals surface area (Å²) >= 11 is 0. The van der Waals surface area contributed by atoms with Crippen LogP contribution in [0.15, 0.2) is 40.3 Å². The molecule has 1 aliphatic carbocycles. The standard InChI is InChI=1S/C18H22O2/c1-13-17(15-11-7-8-12-16(15)20-13)18(19)14-9-5-3-2-4-6-10-14/h7-9,11-12,18-19H,2-6,10H2,1H3/b14-9+. The smallest absolute Gasteiger partial charge is 0.134 e. The van der Waals surface area contributed by atoms with Crippen LogP contribution in [0.1, 0.15) is 56.0 Å². The maximum atomic E-state index is 10.8. The number of allylic oxidation sites excluding steroid dienone is 1. The molecule has 1 aromatic heterocycles. The van der Waals surface area contributed by atoms with E-state index in [-0.39, 0.29) is 0 Å². The van der Waals surface area contributed by atoms with E-state index < -0.39 is 6.10 Å². The second-order valence-electron chi connectivity index (χ2n) is 5.70. The minimum Gasteiger partial charge on any atom is -0.461 e. The van der Waals surface area contributed by atoms with Crippen molar-refractivity contribution < 1.29 is 9.52 Å². The molecule has 1 aliphatic rings. The molecule has 0 spiro atoms. The van der Waals surface area contributed by atoms with Gasteiger partial charge >= 0.3 is 0 Å². The lowest BCUT2D eigenvalue weighted by molar-refractivity contribution is 0.208. The Balaban J connectivity index is 1.99. The summed E-state index contributed by atoms with van der Waals surface area (Å²) < 4.78 is 5.78. The number of hydrogen-bond donors (Lipinski definition) is 1. The molecule has 0 saturated heterocycles. The van der Waals surface area contributed by atoms with Crippen LogP contribution in [0.2, 0.25) is 0 Å². The van der Waals surface area contributed by atoms with Crippen molar-refractivity contribution in [1.29, 1.82) is 0 Å². The third kappa shape index (κ3) is 2.53. The molecule has 1 N–H and O–H groups in total. The van der Waals surface area contributed by atoms with Crippen LogP contribution in [0.25, 0.3) is 11.0 Å². The number of aliphatic hydroxyl groups is 1. The minimum absolute atomic E-state index is 0.517. The van der Waals surface area contributed by atoms with Crippen LogP contribution in [0.3, 0.4) is 0 Å². The number of furan rings is 1. The lowest BCUT2D eigenvalue weighted by Crippen LogP contribution is -2.04. The molecule has 2 heteroatoms. The third-order valence-corrected chi connectivity index (χ3v) is 4.27. The lowest BCUT2D eigenvalue weighted by atomic mass is 9.91. The quantitative estimate of drug-likeness (QED) is 0.774. The summed E-state index contributed by atoms with van der Waals surface area (Å²) in [5.74, 6) is 0.835. The summed E-state index contributed by atoms with van der Waals surface area (Å²) in [6, 6.07) is 7.97. The van der Waals surface area contributed by atoms with Crippen molar-refractivity contribution in [2.24, 2.45) is 0 Å². The van der Waals surface area contributed by atoms with Gasteiger partial charge in [-0.1, -0.05) is 37.1 Å². The molecule has 0 bridgehead atoms. The number of para-hydroxylation sites is 1. The zero-order valence-corrected chi connectivity index (χ0v) is 12.1. The highest BCUT2D eigenvalue weighted by Gasteiger charge is 2.21. The first kappa shape index (κ1) is 13.4. The van der Waals surface area contributed by atoms with Crippen molar-refractivity contribution >= 4 is 11.0 Å². The van der Waals surface area contributed by atoms with Gasteiger partial charge in [-0.3, -0.25) is 0 Å². The Morgan fingerprint density at radius 3 is 2.80 bits per heavy atom. The fourth-order valence-electron chi connectivity index (χ4n) is 3.18. The van der Waals surface area contributed by atoms with E-state index in [4.69, 9.17) is 4.42 Å². The maximum Gasteiger partial charge on any atom is 0.134 e. The molecule has 1 heterocycles. The molecule has 20 heavy (non-hydrogen) atoms. The second-order valence-corrected chi connectivity index (χ2v) is 5.70. The number of fused-ring (bicyclic) bond motifs is 1. The van der Waals surface area contributed by atoms with Crippen LogP contribution in [0.4, 0.5) is 0 Å². The Kier molecular flexibility index (Phi) is 3.93. The Hall–Kier alpha value is -1.54. The van der Waals surface area contributed by atoms with Gasteiger partial charge in [-0.15, -0.1) is 0 Å². The molecule has 0 amide bonds. The molecule has 0 radical (unpaired) electrons. The van der Waals surface area contributed by atoms with E-state index in [1.165, 1.54) is 31.3 Å². The van der Waals surface area contributed by atoms with Crippen LogP contribution >= 0.6 is 0 Å². The van der Waals surface area contributed by atoms with Gasteiger partial charge in [0, 0.05) is 10.9 Å². The molecule has 0 aliphatic heterocycles. The van der Waals surface area contributed by atoms with E-state index >= 15 is 0 Å². The second kappa shape index (κ2) is 5.84. The number of benzene rings is 1. The third-order valence-electron chi connectivity index (χ3n) is 4.27. The minimum atomic E-state index is -0.517. The van der Waals surface area contributed by atoms with Crippen LogP contribution in [-0.4, -0.2) is 5.11 Å². The topological polar surface area (TPSA) is 33.4 Å². The fourth-order valence-corrected chi connectivity index (χ4v) is 3.18. The van der Waals surface area contributed by atoms with Gasteiger partial charge in [0.2, 0.25) is 0 Å². The van der Waals surface area contributed by atoms with Gasteiger partial charge < -0.3 is 9.52 Å². The average molecular weight is 270 g/mol. The van der Waals surface area contributed by atoms with Crippen LogP contribution in [-0.2, 0) is 0 Å². The highest BCUT2D eigenvalue weighted by Crippen LogP contribution is 2.36. The number of hydrogen-bond acceptors (Lipinski definition) is 2. The van der Waals surface area contributed by atoms with E-state index in [0.717, 1.165) is 35.1 Å². The molecule has 0 saturated carbocycles. The number of rotatable bonds is 2. The molecule has 0 fully saturated rings. The summed E-state index contributed by atoms with van der Waals surface area (Å²) in [7, 11) is 0. The summed E-state index contributed by atoms with van der Waals surface area (Å²) in [5.41, 5.74) is 2.98. The molecule has 1 atom stereocenters.